The number of carbonyl (C=O) groups excluding carboxylic acids is 1. The van der Waals surface area contributed by atoms with Crippen LogP contribution >= 0.6 is 0 Å². The summed E-state index contributed by atoms with van der Waals surface area (Å²) in [6.07, 6.45) is 1.12. The van der Waals surface area contributed by atoms with Crippen molar-refractivity contribution >= 4 is 22.4 Å². The molecule has 1 aliphatic heterocycles. The maximum absolute atomic E-state index is 12.3. The number of nitro groups is 1. The van der Waals surface area contributed by atoms with Gasteiger partial charge in [0.05, 0.1) is 16.2 Å². The van der Waals surface area contributed by atoms with E-state index in [1.165, 1.54) is 6.07 Å². The Labute approximate surface area is 140 Å². The Morgan fingerprint density at radius 3 is 2.54 bits per heavy atom. The summed E-state index contributed by atoms with van der Waals surface area (Å²) in [6.45, 7) is 3.47. The summed E-state index contributed by atoms with van der Waals surface area (Å²) in [5.74, 6) is -0.260. The zero-order chi connectivity index (χ0) is 17.1. The Hall–Kier alpha value is -2.47. The molecule has 2 aromatic carbocycles. The molecule has 1 heterocycles. The Morgan fingerprint density at radius 1 is 1.21 bits per heavy atom. The van der Waals surface area contributed by atoms with Gasteiger partial charge in [-0.25, -0.2) is 0 Å². The van der Waals surface area contributed by atoms with E-state index >= 15 is 0 Å². The number of carbonyl (C=O) groups is 1. The van der Waals surface area contributed by atoms with Gasteiger partial charge in [0.1, 0.15) is 6.10 Å². The van der Waals surface area contributed by atoms with Crippen molar-refractivity contribution in [3.05, 3.63) is 52.1 Å². The van der Waals surface area contributed by atoms with Crippen LogP contribution in [0.1, 0.15) is 31.4 Å². The summed E-state index contributed by atoms with van der Waals surface area (Å²) < 4.78 is 5.65. The maximum Gasteiger partial charge on any atom is 0.309 e. The van der Waals surface area contributed by atoms with E-state index in [1.54, 1.807) is 18.2 Å². The number of piperidine rings is 1. The molecule has 0 saturated carbocycles. The molecule has 1 N–H and O–H groups in total. The number of nitrogens with zero attached hydrogens (tertiary/aromatic N) is 1. The van der Waals surface area contributed by atoms with Crippen molar-refractivity contribution in [2.45, 2.75) is 25.9 Å². The quantitative estimate of drug-likeness (QED) is 0.529. The van der Waals surface area contributed by atoms with E-state index in [-0.39, 0.29) is 17.6 Å². The van der Waals surface area contributed by atoms with Gasteiger partial charge in [0.2, 0.25) is 0 Å². The number of esters is 1. The number of hydrogen-bond acceptors (Lipinski definition) is 5. The molecule has 3 rings (SSSR count). The van der Waals surface area contributed by atoms with E-state index < -0.39 is 11.0 Å². The molecule has 24 heavy (non-hydrogen) atoms. The van der Waals surface area contributed by atoms with E-state index in [2.05, 4.69) is 5.32 Å². The zero-order valence-electron chi connectivity index (χ0n) is 13.5. The molecule has 126 valence electrons. The first kappa shape index (κ1) is 16.4. The van der Waals surface area contributed by atoms with Gasteiger partial charge in [-0.1, -0.05) is 18.2 Å². The SMILES string of the molecule is CC(OC(=O)C1CCNCC1)c1ccc([N+](=O)[O-])c2ccccc12. The number of benzene rings is 2. The first-order chi connectivity index (χ1) is 11.6. The van der Waals surface area contributed by atoms with Gasteiger partial charge >= 0.3 is 5.97 Å². The van der Waals surface area contributed by atoms with Crippen LogP contribution in [0.5, 0.6) is 0 Å². The monoisotopic (exact) mass is 328 g/mol. The number of non-ortho nitro benzene ring substituents is 1. The highest BCUT2D eigenvalue weighted by Gasteiger charge is 2.25. The van der Waals surface area contributed by atoms with Crippen LogP contribution in [0.4, 0.5) is 5.69 Å². The second kappa shape index (κ2) is 6.97. The number of fused-ring (bicyclic) bond motifs is 1. The van der Waals surface area contributed by atoms with Crippen LogP contribution in [-0.4, -0.2) is 24.0 Å². The van der Waals surface area contributed by atoms with E-state index in [1.807, 2.05) is 19.1 Å². The van der Waals surface area contributed by atoms with E-state index in [0.29, 0.717) is 5.39 Å². The molecule has 0 radical (unpaired) electrons. The Balaban J connectivity index is 1.87. The summed E-state index contributed by atoms with van der Waals surface area (Å²) in [6, 6.07) is 10.3. The number of nitro benzene ring substituents is 1. The van der Waals surface area contributed by atoms with Crippen molar-refractivity contribution in [1.29, 1.82) is 0 Å². The molecule has 0 aromatic heterocycles. The molecule has 0 bridgehead atoms. The first-order valence-corrected chi connectivity index (χ1v) is 8.15. The summed E-state index contributed by atoms with van der Waals surface area (Å²) in [5, 5.41) is 15.7. The van der Waals surface area contributed by atoms with Crippen molar-refractivity contribution in [2.24, 2.45) is 5.92 Å². The highest BCUT2D eigenvalue weighted by atomic mass is 16.6. The topological polar surface area (TPSA) is 81.5 Å². The normalized spacial score (nSPS) is 16.7. The number of ether oxygens (including phenoxy) is 1. The minimum Gasteiger partial charge on any atom is -0.458 e. The van der Waals surface area contributed by atoms with E-state index in [9.17, 15) is 14.9 Å². The lowest BCUT2D eigenvalue weighted by molar-refractivity contribution is -0.383. The van der Waals surface area contributed by atoms with Gasteiger partial charge in [-0.2, -0.15) is 0 Å². The lowest BCUT2D eigenvalue weighted by Gasteiger charge is -2.23. The maximum atomic E-state index is 12.3. The standard InChI is InChI=1S/C18H20N2O4/c1-12(24-18(21)13-8-10-19-11-9-13)14-6-7-17(20(22)23)16-5-3-2-4-15(14)16/h2-7,12-13,19H,8-11H2,1H3. The largest absolute Gasteiger partial charge is 0.458 e. The van der Waals surface area contributed by atoms with Crippen molar-refractivity contribution in [1.82, 2.24) is 5.32 Å². The first-order valence-electron chi connectivity index (χ1n) is 8.15. The van der Waals surface area contributed by atoms with Gasteiger partial charge in [-0.3, -0.25) is 14.9 Å². The Bertz CT molecular complexity index is 769. The van der Waals surface area contributed by atoms with Crippen LogP contribution in [-0.2, 0) is 9.53 Å². The molecule has 1 fully saturated rings. The van der Waals surface area contributed by atoms with E-state index in [0.717, 1.165) is 36.9 Å². The highest BCUT2D eigenvalue weighted by Crippen LogP contribution is 2.33. The molecule has 0 aliphatic carbocycles. The smallest absolute Gasteiger partial charge is 0.309 e. The minimum atomic E-state index is -0.446. The molecule has 0 spiro atoms. The molecular weight excluding hydrogens is 308 g/mol. The second-order valence-corrected chi connectivity index (χ2v) is 6.08. The van der Waals surface area contributed by atoms with E-state index in [4.69, 9.17) is 4.74 Å². The van der Waals surface area contributed by atoms with Crippen molar-refractivity contribution in [3.8, 4) is 0 Å². The molecule has 1 aliphatic rings. The lowest BCUT2D eigenvalue weighted by Crippen LogP contribution is -2.33. The zero-order valence-corrected chi connectivity index (χ0v) is 13.5. The third-order valence-corrected chi connectivity index (χ3v) is 4.53. The van der Waals surface area contributed by atoms with Crippen LogP contribution in [0.15, 0.2) is 36.4 Å². The van der Waals surface area contributed by atoms with Gasteiger partial charge in [-0.05, 0) is 50.4 Å². The van der Waals surface area contributed by atoms with Gasteiger partial charge < -0.3 is 10.1 Å². The van der Waals surface area contributed by atoms with Crippen molar-refractivity contribution in [3.63, 3.8) is 0 Å². The molecule has 6 nitrogen and oxygen atoms in total. The fourth-order valence-electron chi connectivity index (χ4n) is 3.21. The minimum absolute atomic E-state index is 0.0613. The summed E-state index contributed by atoms with van der Waals surface area (Å²) in [5.41, 5.74) is 0.852. The lowest BCUT2D eigenvalue weighted by atomic mass is 9.97. The average molecular weight is 328 g/mol. The highest BCUT2D eigenvalue weighted by molar-refractivity contribution is 5.93. The second-order valence-electron chi connectivity index (χ2n) is 6.08. The third kappa shape index (κ3) is 3.23. The molecule has 1 atom stereocenters. The Morgan fingerprint density at radius 2 is 1.88 bits per heavy atom. The van der Waals surface area contributed by atoms with Gasteiger partial charge in [-0.15, -0.1) is 0 Å². The number of nitrogens with one attached hydrogen (secondary N) is 1. The molecular formula is C18H20N2O4. The number of rotatable bonds is 4. The molecule has 6 heteroatoms. The summed E-state index contributed by atoms with van der Waals surface area (Å²) in [7, 11) is 0. The van der Waals surface area contributed by atoms with Crippen molar-refractivity contribution in [2.75, 3.05) is 13.1 Å². The van der Waals surface area contributed by atoms with Crippen LogP contribution < -0.4 is 5.32 Å². The van der Waals surface area contributed by atoms with Crippen LogP contribution in [0.2, 0.25) is 0 Å². The molecule has 1 unspecified atom stereocenters. The molecule has 2 aromatic rings. The van der Waals surface area contributed by atoms with Crippen LogP contribution in [0, 0.1) is 16.0 Å². The Kier molecular flexibility index (Phi) is 4.76. The van der Waals surface area contributed by atoms with Crippen LogP contribution in [0.3, 0.4) is 0 Å². The van der Waals surface area contributed by atoms with Crippen LogP contribution in [0.25, 0.3) is 10.8 Å². The number of hydrogen-bond donors (Lipinski definition) is 1. The fraction of sp³-hybridized carbons (Fsp3) is 0.389. The van der Waals surface area contributed by atoms with Gasteiger partial charge in [0.15, 0.2) is 0 Å². The summed E-state index contributed by atoms with van der Waals surface area (Å²) in [4.78, 5) is 23.1. The fourth-order valence-corrected chi connectivity index (χ4v) is 3.21. The van der Waals surface area contributed by atoms with Gasteiger partial charge in [0, 0.05) is 11.6 Å². The predicted octanol–water partition coefficient (Wildman–Crippen LogP) is 3.35. The predicted molar refractivity (Wildman–Crippen MR) is 90.7 cm³/mol. The summed E-state index contributed by atoms with van der Waals surface area (Å²) >= 11 is 0. The molecule has 0 amide bonds. The average Bonchev–Trinajstić information content (AvgIpc) is 2.61. The third-order valence-electron chi connectivity index (χ3n) is 4.53. The van der Waals surface area contributed by atoms with Crippen molar-refractivity contribution < 1.29 is 14.5 Å². The molecule has 1 saturated heterocycles. The van der Waals surface area contributed by atoms with Gasteiger partial charge in [0.25, 0.3) is 5.69 Å².